The number of halogens is 7. The molecule has 0 aromatic heterocycles. The predicted molar refractivity (Wildman–Crippen MR) is 94.4 cm³/mol. The quantitative estimate of drug-likeness (QED) is 0.495. The Hall–Kier alpha value is -0.100. The Bertz CT molecular complexity index is 744. The monoisotopic (exact) mass is 478 g/mol. The Labute approximate surface area is 165 Å². The minimum absolute atomic E-state index is 0.118. The van der Waals surface area contributed by atoms with Gasteiger partial charge in [-0.2, -0.15) is 13.2 Å². The number of rotatable bonds is 6. The number of nitrogens with two attached hydrogens (primary N) is 1. The Morgan fingerprint density at radius 2 is 1.76 bits per heavy atom. The van der Waals surface area contributed by atoms with E-state index in [1.54, 1.807) is 0 Å². The minimum Gasteiger partial charge on any atom is -0.272 e. The van der Waals surface area contributed by atoms with Crippen molar-refractivity contribution in [2.24, 2.45) is 5.14 Å². The Morgan fingerprint density at radius 3 is 2.20 bits per heavy atom. The van der Waals surface area contributed by atoms with E-state index < -0.39 is 47.6 Å². The molecule has 0 aliphatic rings. The lowest BCUT2D eigenvalue weighted by Gasteiger charge is -2.30. The molecule has 5 nitrogen and oxygen atoms in total. The van der Waals surface area contributed by atoms with E-state index in [9.17, 15) is 26.4 Å². The molecule has 0 unspecified atom stereocenters. The molecule has 14 heteroatoms. The zero-order chi connectivity index (χ0) is 19.6. The topological polar surface area (TPSA) is 80.5 Å². The summed E-state index contributed by atoms with van der Waals surface area (Å²) in [7, 11) is -4.34. The van der Waals surface area contributed by atoms with Gasteiger partial charge in [0.2, 0.25) is 13.7 Å². The molecule has 0 atom stereocenters. The number of anilines is 1. The highest BCUT2D eigenvalue weighted by Crippen LogP contribution is 2.48. The van der Waals surface area contributed by atoms with Crippen molar-refractivity contribution >= 4 is 80.0 Å². The SMILES string of the molecule is NS(=O)(=O)CC(=O)N(SC(Cl)(Cl)C(Cl)Cl)c1ccccc1C(F)(F)F. The molecule has 142 valence electrons. The molecule has 0 spiro atoms. The van der Waals surface area contributed by atoms with Crippen LogP contribution in [-0.2, 0) is 21.0 Å². The van der Waals surface area contributed by atoms with Crippen LogP contribution in [0.3, 0.4) is 0 Å². The molecule has 1 rings (SSSR count). The third kappa shape index (κ3) is 6.85. The van der Waals surface area contributed by atoms with Crippen molar-refractivity contribution in [3.8, 4) is 0 Å². The predicted octanol–water partition coefficient (Wildman–Crippen LogP) is 3.91. The molecule has 0 heterocycles. The average molecular weight is 480 g/mol. The number of hydrogen-bond donors (Lipinski definition) is 1. The summed E-state index contributed by atoms with van der Waals surface area (Å²) in [6.45, 7) is 0. The van der Waals surface area contributed by atoms with Crippen LogP contribution >= 0.6 is 58.4 Å². The third-order valence-corrected chi connectivity index (χ3v) is 6.37. The van der Waals surface area contributed by atoms with Gasteiger partial charge >= 0.3 is 6.18 Å². The summed E-state index contributed by atoms with van der Waals surface area (Å²) in [5.41, 5.74) is -1.93. The summed E-state index contributed by atoms with van der Waals surface area (Å²) in [4.78, 5) is 10.7. The van der Waals surface area contributed by atoms with Crippen LogP contribution in [-0.4, -0.2) is 28.6 Å². The Kier molecular flexibility index (Phi) is 7.60. The van der Waals surface area contributed by atoms with Gasteiger partial charge in [0.25, 0.3) is 5.91 Å². The van der Waals surface area contributed by atoms with Gasteiger partial charge in [0.1, 0.15) is 5.75 Å². The summed E-state index contributed by atoms with van der Waals surface area (Å²) >= 11 is 22.8. The van der Waals surface area contributed by atoms with Crippen LogP contribution in [0.5, 0.6) is 0 Å². The van der Waals surface area contributed by atoms with Crippen molar-refractivity contribution in [1.29, 1.82) is 0 Å². The van der Waals surface area contributed by atoms with Crippen LogP contribution in [0.15, 0.2) is 24.3 Å². The van der Waals surface area contributed by atoms with Gasteiger partial charge in [-0.1, -0.05) is 35.3 Å². The molecular weight excluding hydrogens is 471 g/mol. The number of benzene rings is 1. The largest absolute Gasteiger partial charge is 0.418 e. The second kappa shape index (κ2) is 8.28. The zero-order valence-corrected chi connectivity index (χ0v) is 16.5. The van der Waals surface area contributed by atoms with Crippen LogP contribution in [0.2, 0.25) is 0 Å². The first-order chi connectivity index (χ1) is 11.1. The molecular formula is C11H9Cl4F3N2O3S2. The lowest BCUT2D eigenvalue weighted by Crippen LogP contribution is -2.38. The van der Waals surface area contributed by atoms with Crippen molar-refractivity contribution in [1.82, 2.24) is 0 Å². The number of alkyl halides is 7. The molecule has 1 aromatic carbocycles. The van der Waals surface area contributed by atoms with E-state index in [1.165, 1.54) is 6.07 Å². The van der Waals surface area contributed by atoms with E-state index in [4.69, 9.17) is 51.5 Å². The molecule has 0 aliphatic heterocycles. The fourth-order valence-electron chi connectivity index (χ4n) is 1.52. The van der Waals surface area contributed by atoms with Gasteiger partial charge in [0, 0.05) is 11.9 Å². The molecule has 0 radical (unpaired) electrons. The van der Waals surface area contributed by atoms with Crippen LogP contribution in [0.1, 0.15) is 5.56 Å². The van der Waals surface area contributed by atoms with Gasteiger partial charge in [0.05, 0.1) is 11.3 Å². The van der Waals surface area contributed by atoms with Crippen LogP contribution in [0, 0.1) is 0 Å². The highest BCUT2D eigenvalue weighted by Gasteiger charge is 2.42. The molecule has 0 fully saturated rings. The number of hydrogen-bond acceptors (Lipinski definition) is 4. The van der Waals surface area contributed by atoms with Gasteiger partial charge in [-0.25, -0.2) is 17.9 Å². The van der Waals surface area contributed by atoms with Gasteiger partial charge in [-0.15, -0.1) is 23.2 Å². The van der Waals surface area contributed by atoms with Crippen molar-refractivity contribution in [3.05, 3.63) is 29.8 Å². The van der Waals surface area contributed by atoms with E-state index >= 15 is 0 Å². The number of carbonyl (C=O) groups excluding carboxylic acids is 1. The van der Waals surface area contributed by atoms with Crippen LogP contribution in [0.4, 0.5) is 18.9 Å². The first kappa shape index (κ1) is 22.9. The van der Waals surface area contributed by atoms with Crippen LogP contribution in [0.25, 0.3) is 0 Å². The molecule has 1 aromatic rings. The molecule has 0 bridgehead atoms. The molecule has 25 heavy (non-hydrogen) atoms. The molecule has 2 N–H and O–H groups in total. The van der Waals surface area contributed by atoms with Crippen molar-refractivity contribution < 1.29 is 26.4 Å². The molecule has 0 aliphatic carbocycles. The van der Waals surface area contributed by atoms with E-state index in [0.717, 1.165) is 12.1 Å². The summed E-state index contributed by atoms with van der Waals surface area (Å²) in [6.07, 6.45) is -4.85. The van der Waals surface area contributed by atoms with Crippen molar-refractivity contribution in [2.75, 3.05) is 10.1 Å². The second-order valence-electron chi connectivity index (χ2n) is 4.46. The maximum Gasteiger partial charge on any atom is 0.418 e. The normalized spacial score (nSPS) is 13.2. The summed E-state index contributed by atoms with van der Waals surface area (Å²) in [5, 5.41) is 4.77. The highest BCUT2D eigenvalue weighted by atomic mass is 35.5. The highest BCUT2D eigenvalue weighted by molar-refractivity contribution is 8.05. The van der Waals surface area contributed by atoms with E-state index in [0.29, 0.717) is 10.4 Å². The van der Waals surface area contributed by atoms with Gasteiger partial charge < -0.3 is 0 Å². The summed E-state index contributed by atoms with van der Waals surface area (Å²) < 4.78 is 60.1. The first-order valence-corrected chi connectivity index (χ1v) is 10.1. The fraction of sp³-hybridized carbons (Fsp3) is 0.364. The first-order valence-electron chi connectivity index (χ1n) is 6.00. The summed E-state index contributed by atoms with van der Waals surface area (Å²) in [6, 6.07) is 3.90. The molecule has 1 amide bonds. The number of amides is 1. The fourth-order valence-corrected chi connectivity index (χ4v) is 3.47. The van der Waals surface area contributed by atoms with Crippen molar-refractivity contribution in [2.45, 2.75) is 14.7 Å². The Balaban J connectivity index is 3.45. The van der Waals surface area contributed by atoms with Gasteiger partial charge in [-0.3, -0.25) is 4.79 Å². The van der Waals surface area contributed by atoms with Gasteiger partial charge in [-0.05, 0) is 12.1 Å². The summed E-state index contributed by atoms with van der Waals surface area (Å²) in [5.74, 6) is -2.60. The van der Waals surface area contributed by atoms with E-state index in [-0.39, 0.29) is 11.9 Å². The smallest absolute Gasteiger partial charge is 0.272 e. The number of primary sulfonamides is 1. The lowest BCUT2D eigenvalue weighted by atomic mass is 10.1. The zero-order valence-electron chi connectivity index (χ0n) is 11.8. The Morgan fingerprint density at radius 1 is 1.24 bits per heavy atom. The van der Waals surface area contributed by atoms with Gasteiger partial charge in [0.15, 0.2) is 4.84 Å². The third-order valence-electron chi connectivity index (χ3n) is 2.45. The number of sulfonamides is 1. The standard InChI is InChI=1S/C11H9Cl4F3N2O3S2/c12-9(13)10(14,15)24-20(8(21)5-25(19,22)23)7-4-2-1-3-6(7)11(16,17)18/h1-4,9H,5H2,(H2,19,22,23). The van der Waals surface area contributed by atoms with Crippen LogP contribution < -0.4 is 9.44 Å². The number of nitrogens with zero attached hydrogens (tertiary/aromatic N) is 1. The maximum atomic E-state index is 13.2. The minimum atomic E-state index is -4.85. The number of carbonyl (C=O) groups is 1. The average Bonchev–Trinajstić information content (AvgIpc) is 2.41. The number of para-hydroxylation sites is 1. The lowest BCUT2D eigenvalue weighted by molar-refractivity contribution is -0.137. The molecule has 0 saturated heterocycles. The van der Waals surface area contributed by atoms with E-state index in [2.05, 4.69) is 0 Å². The van der Waals surface area contributed by atoms with E-state index in [1.807, 2.05) is 0 Å². The maximum absolute atomic E-state index is 13.2. The second-order valence-corrected chi connectivity index (χ2v) is 10.2. The molecule has 0 saturated carbocycles. The van der Waals surface area contributed by atoms with Crippen molar-refractivity contribution in [3.63, 3.8) is 0 Å².